The van der Waals surface area contributed by atoms with Gasteiger partial charge >= 0.3 is 0 Å². The molecule has 2 heterocycles. The third-order valence-corrected chi connectivity index (χ3v) is 4.41. The van der Waals surface area contributed by atoms with Gasteiger partial charge in [-0.1, -0.05) is 20.8 Å². The summed E-state index contributed by atoms with van der Waals surface area (Å²) in [4.78, 5) is 20.6. The maximum absolute atomic E-state index is 4.69. The van der Waals surface area contributed by atoms with Gasteiger partial charge in [0.25, 0.3) is 0 Å². The molecule has 6 nitrogen and oxygen atoms in total. The molecule has 0 spiro atoms. The highest BCUT2D eigenvalue weighted by atomic mass is 15.3. The summed E-state index contributed by atoms with van der Waals surface area (Å²) in [5, 5.41) is 0. The topological polar surface area (TPSA) is 48.4 Å². The molecule has 0 radical (unpaired) electrons. The van der Waals surface area contributed by atoms with Crippen molar-refractivity contribution in [2.75, 3.05) is 50.6 Å². The standard InChI is InChI=1S/C16H30N6/c1-7-22-10-8-13(9-11-22)21(6)16-18-14(12(2)3)17-15(19-16)20(4)5/h12-13H,7-11H2,1-6H3. The van der Waals surface area contributed by atoms with Crippen molar-refractivity contribution in [3.05, 3.63) is 5.82 Å². The smallest absolute Gasteiger partial charge is 0.230 e. The third kappa shape index (κ3) is 3.85. The normalized spacial score (nSPS) is 17.0. The first-order valence-electron chi connectivity index (χ1n) is 8.30. The second kappa shape index (κ2) is 7.22. The molecule has 0 amide bonds. The third-order valence-electron chi connectivity index (χ3n) is 4.41. The summed E-state index contributed by atoms with van der Waals surface area (Å²) in [6, 6.07) is 0.514. The minimum Gasteiger partial charge on any atom is -0.347 e. The Bertz CT molecular complexity index is 453. The molecule has 0 aliphatic carbocycles. The summed E-state index contributed by atoms with van der Waals surface area (Å²) in [5.41, 5.74) is 0. The Morgan fingerprint density at radius 1 is 1.05 bits per heavy atom. The average Bonchev–Trinajstić information content (AvgIpc) is 2.53. The zero-order valence-corrected chi connectivity index (χ0v) is 14.9. The summed E-state index contributed by atoms with van der Waals surface area (Å²) in [6.07, 6.45) is 2.34. The van der Waals surface area contributed by atoms with E-state index in [2.05, 4.69) is 47.6 Å². The molecule has 124 valence electrons. The van der Waals surface area contributed by atoms with E-state index in [0.717, 1.165) is 37.4 Å². The van der Waals surface area contributed by atoms with E-state index in [4.69, 9.17) is 4.98 Å². The summed E-state index contributed by atoms with van der Waals surface area (Å²) in [5.74, 6) is 2.71. The van der Waals surface area contributed by atoms with Gasteiger partial charge in [0.2, 0.25) is 11.9 Å². The van der Waals surface area contributed by atoms with Gasteiger partial charge in [0, 0.05) is 46.2 Å². The first kappa shape index (κ1) is 16.9. The summed E-state index contributed by atoms with van der Waals surface area (Å²) in [7, 11) is 6.07. The van der Waals surface area contributed by atoms with Crippen molar-refractivity contribution in [1.29, 1.82) is 0 Å². The van der Waals surface area contributed by atoms with Crippen LogP contribution >= 0.6 is 0 Å². The number of hydrogen-bond acceptors (Lipinski definition) is 6. The summed E-state index contributed by atoms with van der Waals surface area (Å²) >= 11 is 0. The molecule has 1 aromatic rings. The van der Waals surface area contributed by atoms with E-state index in [-0.39, 0.29) is 0 Å². The van der Waals surface area contributed by atoms with E-state index in [1.807, 2.05) is 19.0 Å². The van der Waals surface area contributed by atoms with Crippen LogP contribution in [0.4, 0.5) is 11.9 Å². The number of nitrogens with zero attached hydrogens (tertiary/aromatic N) is 6. The molecule has 2 rings (SSSR count). The Labute approximate surface area is 134 Å². The Hall–Kier alpha value is -1.43. The van der Waals surface area contributed by atoms with Crippen LogP contribution in [-0.4, -0.2) is 66.7 Å². The molecule has 6 heteroatoms. The lowest BCUT2D eigenvalue weighted by Crippen LogP contribution is -2.44. The molecule has 1 saturated heterocycles. The van der Waals surface area contributed by atoms with E-state index >= 15 is 0 Å². The second-order valence-electron chi connectivity index (χ2n) is 6.62. The molecular formula is C16H30N6. The Kier molecular flexibility index (Phi) is 5.56. The highest BCUT2D eigenvalue weighted by Crippen LogP contribution is 2.22. The maximum atomic E-state index is 4.69. The minimum absolute atomic E-state index is 0.302. The summed E-state index contributed by atoms with van der Waals surface area (Å²) < 4.78 is 0. The lowest BCUT2D eigenvalue weighted by atomic mass is 10.0. The van der Waals surface area contributed by atoms with Crippen molar-refractivity contribution in [1.82, 2.24) is 19.9 Å². The first-order valence-corrected chi connectivity index (χ1v) is 8.30. The van der Waals surface area contributed by atoms with Crippen LogP contribution in [0.5, 0.6) is 0 Å². The van der Waals surface area contributed by atoms with E-state index in [1.165, 1.54) is 12.8 Å². The fourth-order valence-corrected chi connectivity index (χ4v) is 2.77. The van der Waals surface area contributed by atoms with Gasteiger partial charge in [-0.15, -0.1) is 0 Å². The van der Waals surface area contributed by atoms with Crippen LogP contribution in [0.25, 0.3) is 0 Å². The van der Waals surface area contributed by atoms with E-state index in [0.29, 0.717) is 12.0 Å². The van der Waals surface area contributed by atoms with Crippen molar-refractivity contribution < 1.29 is 0 Å². The van der Waals surface area contributed by atoms with E-state index < -0.39 is 0 Å². The Morgan fingerprint density at radius 2 is 1.64 bits per heavy atom. The van der Waals surface area contributed by atoms with Crippen LogP contribution in [0.3, 0.4) is 0 Å². The summed E-state index contributed by atoms with van der Waals surface area (Å²) in [6.45, 7) is 9.94. The number of anilines is 2. The molecule has 22 heavy (non-hydrogen) atoms. The molecule has 0 saturated carbocycles. The van der Waals surface area contributed by atoms with Crippen LogP contribution in [0.2, 0.25) is 0 Å². The number of likely N-dealkylation sites (tertiary alicyclic amines) is 1. The molecule has 0 atom stereocenters. The number of piperidine rings is 1. The van der Waals surface area contributed by atoms with E-state index in [9.17, 15) is 0 Å². The van der Waals surface area contributed by atoms with Gasteiger partial charge < -0.3 is 14.7 Å². The predicted molar refractivity (Wildman–Crippen MR) is 91.8 cm³/mol. The zero-order valence-electron chi connectivity index (χ0n) is 14.9. The Balaban J connectivity index is 2.19. The van der Waals surface area contributed by atoms with Crippen molar-refractivity contribution in [2.45, 2.75) is 45.6 Å². The number of aromatic nitrogens is 3. The molecule has 0 aromatic carbocycles. The number of hydrogen-bond donors (Lipinski definition) is 0. The van der Waals surface area contributed by atoms with Gasteiger partial charge in [-0.2, -0.15) is 15.0 Å². The van der Waals surface area contributed by atoms with Crippen molar-refractivity contribution >= 4 is 11.9 Å². The molecule has 1 aromatic heterocycles. The predicted octanol–water partition coefficient (Wildman–Crippen LogP) is 1.98. The molecule has 1 aliphatic rings. The highest BCUT2D eigenvalue weighted by Gasteiger charge is 2.24. The molecule has 0 bridgehead atoms. The SMILES string of the molecule is CCN1CCC(N(C)c2nc(C(C)C)nc(N(C)C)n2)CC1. The second-order valence-corrected chi connectivity index (χ2v) is 6.62. The fraction of sp³-hybridized carbons (Fsp3) is 0.812. The van der Waals surface area contributed by atoms with Crippen molar-refractivity contribution in [3.8, 4) is 0 Å². The van der Waals surface area contributed by atoms with Gasteiger partial charge in [-0.25, -0.2) is 0 Å². The van der Waals surface area contributed by atoms with Crippen LogP contribution in [0.15, 0.2) is 0 Å². The van der Waals surface area contributed by atoms with Crippen molar-refractivity contribution in [3.63, 3.8) is 0 Å². The van der Waals surface area contributed by atoms with Gasteiger partial charge in [0.05, 0.1) is 0 Å². The molecule has 1 aliphatic heterocycles. The van der Waals surface area contributed by atoms with Crippen LogP contribution < -0.4 is 9.80 Å². The van der Waals surface area contributed by atoms with Crippen molar-refractivity contribution in [2.24, 2.45) is 0 Å². The van der Waals surface area contributed by atoms with E-state index in [1.54, 1.807) is 0 Å². The monoisotopic (exact) mass is 306 g/mol. The van der Waals surface area contributed by atoms with Crippen LogP contribution in [-0.2, 0) is 0 Å². The van der Waals surface area contributed by atoms with Crippen LogP contribution in [0, 0.1) is 0 Å². The van der Waals surface area contributed by atoms with Gasteiger partial charge in [0.1, 0.15) is 5.82 Å². The maximum Gasteiger partial charge on any atom is 0.230 e. The number of rotatable bonds is 5. The molecule has 0 N–H and O–H groups in total. The molecular weight excluding hydrogens is 276 g/mol. The lowest BCUT2D eigenvalue weighted by molar-refractivity contribution is 0.220. The van der Waals surface area contributed by atoms with Gasteiger partial charge in [0.15, 0.2) is 0 Å². The lowest BCUT2D eigenvalue weighted by Gasteiger charge is -2.36. The van der Waals surface area contributed by atoms with Gasteiger partial charge in [-0.05, 0) is 19.4 Å². The minimum atomic E-state index is 0.302. The zero-order chi connectivity index (χ0) is 16.3. The molecule has 1 fully saturated rings. The largest absolute Gasteiger partial charge is 0.347 e. The fourth-order valence-electron chi connectivity index (χ4n) is 2.77. The highest BCUT2D eigenvalue weighted by molar-refractivity contribution is 5.39. The molecule has 0 unspecified atom stereocenters. The first-order chi connectivity index (χ1) is 10.4. The average molecular weight is 306 g/mol. The van der Waals surface area contributed by atoms with Crippen LogP contribution in [0.1, 0.15) is 45.4 Å². The Morgan fingerprint density at radius 3 is 2.14 bits per heavy atom. The quantitative estimate of drug-likeness (QED) is 0.829. The van der Waals surface area contributed by atoms with Gasteiger partial charge in [-0.3, -0.25) is 0 Å².